The standard InChI is InChI=1S/C23H26N4O2/c1-16-7-5-6-10-19(16)17-13-21-20(22(14-17)27-28)15-25-23(26-21)24-11-12-29-18-8-3-2-4-9-18/h2-10,15,17,22,27-28H,11-14H2,1H3,(H,24,25,26)/t17-,22+/m1/s1. The zero-order chi connectivity index (χ0) is 20.1. The number of hydroxylamine groups is 1. The minimum absolute atomic E-state index is 0.168. The van der Waals surface area contributed by atoms with Gasteiger partial charge in [0.1, 0.15) is 12.4 Å². The van der Waals surface area contributed by atoms with Gasteiger partial charge in [0.05, 0.1) is 18.3 Å². The van der Waals surface area contributed by atoms with E-state index < -0.39 is 0 Å². The van der Waals surface area contributed by atoms with E-state index >= 15 is 0 Å². The molecular weight excluding hydrogens is 364 g/mol. The van der Waals surface area contributed by atoms with E-state index in [0.29, 0.717) is 25.0 Å². The van der Waals surface area contributed by atoms with Crippen molar-refractivity contribution in [2.24, 2.45) is 0 Å². The molecule has 1 aromatic heterocycles. The Hall–Kier alpha value is -2.96. The highest BCUT2D eigenvalue weighted by Gasteiger charge is 2.30. The van der Waals surface area contributed by atoms with E-state index in [1.807, 2.05) is 36.5 Å². The summed E-state index contributed by atoms with van der Waals surface area (Å²) < 4.78 is 5.70. The number of anilines is 1. The summed E-state index contributed by atoms with van der Waals surface area (Å²) in [6.45, 7) is 3.26. The summed E-state index contributed by atoms with van der Waals surface area (Å²) in [6, 6.07) is 18.0. The molecule has 1 aliphatic carbocycles. The molecule has 2 aromatic carbocycles. The third-order valence-electron chi connectivity index (χ3n) is 5.42. The maximum Gasteiger partial charge on any atom is 0.222 e. The minimum atomic E-state index is -0.168. The van der Waals surface area contributed by atoms with Crippen molar-refractivity contribution in [2.75, 3.05) is 18.5 Å². The smallest absolute Gasteiger partial charge is 0.222 e. The topological polar surface area (TPSA) is 79.3 Å². The molecule has 2 atom stereocenters. The molecule has 29 heavy (non-hydrogen) atoms. The Morgan fingerprint density at radius 2 is 1.86 bits per heavy atom. The first-order chi connectivity index (χ1) is 14.2. The number of benzene rings is 2. The average Bonchev–Trinajstić information content (AvgIpc) is 2.77. The van der Waals surface area contributed by atoms with E-state index in [-0.39, 0.29) is 6.04 Å². The number of rotatable bonds is 7. The molecule has 150 valence electrons. The molecule has 0 radical (unpaired) electrons. The second-order valence-electron chi connectivity index (χ2n) is 7.36. The molecule has 0 unspecified atom stereocenters. The van der Waals surface area contributed by atoms with Gasteiger partial charge in [0, 0.05) is 11.8 Å². The average molecular weight is 390 g/mol. The van der Waals surface area contributed by atoms with Crippen molar-refractivity contribution in [2.45, 2.75) is 31.7 Å². The molecule has 0 fully saturated rings. The Labute approximate surface area is 170 Å². The van der Waals surface area contributed by atoms with Crippen LogP contribution in [0.1, 0.15) is 40.8 Å². The second kappa shape index (κ2) is 9.03. The highest BCUT2D eigenvalue weighted by molar-refractivity contribution is 5.38. The first-order valence-electron chi connectivity index (χ1n) is 9.97. The van der Waals surface area contributed by atoms with Gasteiger partial charge in [-0.05, 0) is 48.9 Å². The van der Waals surface area contributed by atoms with Crippen molar-refractivity contribution >= 4 is 5.95 Å². The molecule has 0 aliphatic heterocycles. The quantitative estimate of drug-likeness (QED) is 0.418. The molecular formula is C23H26N4O2. The van der Waals surface area contributed by atoms with Crippen LogP contribution in [-0.2, 0) is 6.42 Å². The van der Waals surface area contributed by atoms with Gasteiger partial charge >= 0.3 is 0 Å². The molecule has 4 rings (SSSR count). The van der Waals surface area contributed by atoms with Crippen LogP contribution in [0, 0.1) is 6.92 Å². The van der Waals surface area contributed by atoms with Crippen LogP contribution in [-0.4, -0.2) is 28.3 Å². The molecule has 6 heteroatoms. The third-order valence-corrected chi connectivity index (χ3v) is 5.42. The maximum atomic E-state index is 9.68. The first kappa shape index (κ1) is 19.4. The van der Waals surface area contributed by atoms with Crippen LogP contribution >= 0.6 is 0 Å². The summed E-state index contributed by atoms with van der Waals surface area (Å²) in [6.07, 6.45) is 3.45. The number of ether oxygens (including phenoxy) is 1. The molecule has 1 aliphatic rings. The molecule has 3 N–H and O–H groups in total. The van der Waals surface area contributed by atoms with Gasteiger partial charge < -0.3 is 15.3 Å². The summed E-state index contributed by atoms with van der Waals surface area (Å²) in [7, 11) is 0. The lowest BCUT2D eigenvalue weighted by Gasteiger charge is -2.31. The van der Waals surface area contributed by atoms with E-state index in [1.165, 1.54) is 11.1 Å². The predicted molar refractivity (Wildman–Crippen MR) is 112 cm³/mol. The summed E-state index contributed by atoms with van der Waals surface area (Å²) >= 11 is 0. The van der Waals surface area contributed by atoms with Crippen molar-refractivity contribution in [1.82, 2.24) is 15.4 Å². The monoisotopic (exact) mass is 390 g/mol. The van der Waals surface area contributed by atoms with Crippen molar-refractivity contribution < 1.29 is 9.94 Å². The van der Waals surface area contributed by atoms with Crippen molar-refractivity contribution in [3.05, 3.63) is 83.2 Å². The van der Waals surface area contributed by atoms with Crippen molar-refractivity contribution in [1.29, 1.82) is 0 Å². The summed E-state index contributed by atoms with van der Waals surface area (Å²) in [5.41, 5.74) is 6.96. The number of para-hydroxylation sites is 1. The summed E-state index contributed by atoms with van der Waals surface area (Å²) in [5.74, 6) is 1.73. The van der Waals surface area contributed by atoms with Crippen LogP contribution in [0.3, 0.4) is 0 Å². The van der Waals surface area contributed by atoms with Gasteiger partial charge in [0.2, 0.25) is 5.95 Å². The molecule has 0 bridgehead atoms. The van der Waals surface area contributed by atoms with Gasteiger partial charge in [0.25, 0.3) is 0 Å². The molecule has 0 saturated heterocycles. The lowest BCUT2D eigenvalue weighted by Crippen LogP contribution is -2.28. The van der Waals surface area contributed by atoms with E-state index in [2.05, 4.69) is 47.0 Å². The Morgan fingerprint density at radius 3 is 2.66 bits per heavy atom. The zero-order valence-corrected chi connectivity index (χ0v) is 16.5. The van der Waals surface area contributed by atoms with E-state index in [0.717, 1.165) is 29.8 Å². The van der Waals surface area contributed by atoms with Gasteiger partial charge in [-0.1, -0.05) is 42.5 Å². The third kappa shape index (κ3) is 4.55. The minimum Gasteiger partial charge on any atom is -0.492 e. The highest BCUT2D eigenvalue weighted by Crippen LogP contribution is 2.38. The number of hydrogen-bond donors (Lipinski definition) is 3. The molecule has 3 aromatic rings. The lowest BCUT2D eigenvalue weighted by atomic mass is 9.79. The van der Waals surface area contributed by atoms with Crippen LogP contribution in [0.5, 0.6) is 5.75 Å². The largest absolute Gasteiger partial charge is 0.492 e. The molecule has 1 heterocycles. The summed E-state index contributed by atoms with van der Waals surface area (Å²) in [4.78, 5) is 9.15. The maximum absolute atomic E-state index is 9.68. The fourth-order valence-electron chi connectivity index (χ4n) is 3.95. The number of hydrogen-bond acceptors (Lipinski definition) is 6. The second-order valence-corrected chi connectivity index (χ2v) is 7.36. The highest BCUT2D eigenvalue weighted by atomic mass is 16.5. The summed E-state index contributed by atoms with van der Waals surface area (Å²) in [5, 5.41) is 12.9. The predicted octanol–water partition coefficient (Wildman–Crippen LogP) is 4.03. The van der Waals surface area contributed by atoms with E-state index in [9.17, 15) is 5.21 Å². The van der Waals surface area contributed by atoms with E-state index in [4.69, 9.17) is 9.72 Å². The lowest BCUT2D eigenvalue weighted by molar-refractivity contribution is 0.113. The number of nitrogens with one attached hydrogen (secondary N) is 2. The van der Waals surface area contributed by atoms with Crippen LogP contribution in [0.25, 0.3) is 0 Å². The number of aryl methyl sites for hydroxylation is 1. The SMILES string of the molecule is Cc1ccccc1[C@@H]1Cc2nc(NCCOc3ccccc3)ncc2[C@@H](NO)C1. The van der Waals surface area contributed by atoms with Gasteiger partial charge in [0.15, 0.2) is 0 Å². The Morgan fingerprint density at radius 1 is 1.07 bits per heavy atom. The fourth-order valence-corrected chi connectivity index (χ4v) is 3.95. The Kier molecular flexibility index (Phi) is 6.03. The zero-order valence-electron chi connectivity index (χ0n) is 16.5. The molecule has 0 saturated carbocycles. The fraction of sp³-hybridized carbons (Fsp3) is 0.304. The number of fused-ring (bicyclic) bond motifs is 1. The van der Waals surface area contributed by atoms with Crippen molar-refractivity contribution in [3.8, 4) is 5.75 Å². The number of aromatic nitrogens is 2. The normalized spacial score (nSPS) is 18.1. The molecule has 0 amide bonds. The van der Waals surface area contributed by atoms with Crippen LogP contribution in [0.2, 0.25) is 0 Å². The first-order valence-corrected chi connectivity index (χ1v) is 9.97. The Balaban J connectivity index is 1.44. The Bertz CT molecular complexity index is 949. The van der Waals surface area contributed by atoms with E-state index in [1.54, 1.807) is 0 Å². The van der Waals surface area contributed by atoms with Gasteiger partial charge in [-0.3, -0.25) is 0 Å². The van der Waals surface area contributed by atoms with Crippen LogP contribution in [0.4, 0.5) is 5.95 Å². The van der Waals surface area contributed by atoms with Gasteiger partial charge in [-0.15, -0.1) is 0 Å². The van der Waals surface area contributed by atoms with Crippen molar-refractivity contribution in [3.63, 3.8) is 0 Å². The molecule has 0 spiro atoms. The number of nitrogens with zero attached hydrogens (tertiary/aromatic N) is 2. The molecule has 6 nitrogen and oxygen atoms in total. The van der Waals surface area contributed by atoms with Gasteiger partial charge in [-0.25, -0.2) is 9.97 Å². The van der Waals surface area contributed by atoms with Gasteiger partial charge in [-0.2, -0.15) is 5.48 Å². The van der Waals surface area contributed by atoms with Crippen LogP contribution in [0.15, 0.2) is 60.8 Å². The van der Waals surface area contributed by atoms with Crippen LogP contribution < -0.4 is 15.5 Å².